The number of piperazine rings is 1. The van der Waals surface area contributed by atoms with Gasteiger partial charge in [-0.1, -0.05) is 42.8 Å². The van der Waals surface area contributed by atoms with Crippen molar-refractivity contribution >= 4 is 39.9 Å². The summed E-state index contributed by atoms with van der Waals surface area (Å²) in [4.78, 5) is 34.2. The largest absolute Gasteiger partial charge is 0.351 e. The minimum atomic E-state index is -1.58. The number of benzene rings is 3. The van der Waals surface area contributed by atoms with Crippen molar-refractivity contribution in [1.29, 1.82) is 0 Å². The molecule has 0 saturated carbocycles. The third-order valence-corrected chi connectivity index (χ3v) is 8.86. The van der Waals surface area contributed by atoms with Gasteiger partial charge in [-0.25, -0.2) is 4.21 Å². The lowest BCUT2D eigenvalue weighted by atomic mass is 10.1. The van der Waals surface area contributed by atoms with Crippen LogP contribution in [0.5, 0.6) is 0 Å². The topological polar surface area (TPSA) is 73.0 Å². The number of nitrogens with one attached hydrogen (secondary N) is 1. The fourth-order valence-corrected chi connectivity index (χ4v) is 6.50. The van der Waals surface area contributed by atoms with Gasteiger partial charge in [0.15, 0.2) is 0 Å². The SMILES string of the molecule is CCN1CCN(CCNC(=O)c2ccc3c(c2)N(Cc2cccc(Cl)c2)C(=O)c2ccccc2[S@]3=O)CC1. The molecule has 0 unspecified atom stereocenters. The molecule has 1 saturated heterocycles. The molecule has 3 aromatic carbocycles. The molecule has 9 heteroatoms. The van der Waals surface area contributed by atoms with Crippen LogP contribution >= 0.6 is 11.6 Å². The first kappa shape index (κ1) is 26.6. The molecular weight excluding hydrogens is 520 g/mol. The van der Waals surface area contributed by atoms with Crippen LogP contribution in [0.1, 0.15) is 33.2 Å². The van der Waals surface area contributed by atoms with E-state index in [2.05, 4.69) is 22.0 Å². The Kier molecular flexibility index (Phi) is 8.24. The molecule has 3 aromatic rings. The molecule has 5 rings (SSSR count). The summed E-state index contributed by atoms with van der Waals surface area (Å²) in [6.45, 7) is 8.87. The van der Waals surface area contributed by atoms with E-state index in [0.717, 1.165) is 44.8 Å². The Bertz CT molecular complexity index is 1370. The first-order valence-corrected chi connectivity index (χ1v) is 14.4. The highest BCUT2D eigenvalue weighted by molar-refractivity contribution is 7.85. The highest BCUT2D eigenvalue weighted by Gasteiger charge is 2.31. The van der Waals surface area contributed by atoms with Crippen molar-refractivity contribution in [3.8, 4) is 0 Å². The fourth-order valence-electron chi connectivity index (χ4n) is 4.94. The third kappa shape index (κ3) is 5.68. The summed E-state index contributed by atoms with van der Waals surface area (Å²) in [5, 5.41) is 3.58. The predicted molar refractivity (Wildman–Crippen MR) is 150 cm³/mol. The highest BCUT2D eigenvalue weighted by Crippen LogP contribution is 2.36. The van der Waals surface area contributed by atoms with Crippen molar-refractivity contribution in [2.24, 2.45) is 0 Å². The molecule has 2 heterocycles. The summed E-state index contributed by atoms with van der Waals surface area (Å²) in [5.41, 5.74) is 2.11. The van der Waals surface area contributed by atoms with E-state index in [-0.39, 0.29) is 18.4 Å². The molecule has 7 nitrogen and oxygen atoms in total. The Hall–Kier alpha value is -3.04. The average molecular weight is 551 g/mol. The minimum Gasteiger partial charge on any atom is -0.351 e. The van der Waals surface area contributed by atoms with Crippen LogP contribution in [-0.4, -0.2) is 71.6 Å². The molecule has 0 radical (unpaired) electrons. The van der Waals surface area contributed by atoms with E-state index in [1.165, 1.54) is 0 Å². The van der Waals surface area contributed by atoms with Crippen LogP contribution in [0.3, 0.4) is 0 Å². The van der Waals surface area contributed by atoms with Gasteiger partial charge in [-0.05, 0) is 54.6 Å². The molecule has 2 aliphatic rings. The van der Waals surface area contributed by atoms with Crippen LogP contribution in [0.2, 0.25) is 5.02 Å². The molecule has 1 atom stereocenters. The van der Waals surface area contributed by atoms with Crippen molar-refractivity contribution in [3.05, 3.63) is 88.4 Å². The van der Waals surface area contributed by atoms with E-state index in [1.54, 1.807) is 59.5 Å². The number of hydrogen-bond donors (Lipinski definition) is 1. The van der Waals surface area contributed by atoms with Gasteiger partial charge in [-0.15, -0.1) is 0 Å². The average Bonchev–Trinajstić information content (AvgIpc) is 3.02. The van der Waals surface area contributed by atoms with Gasteiger partial charge in [0.1, 0.15) is 0 Å². The van der Waals surface area contributed by atoms with Crippen LogP contribution in [0.4, 0.5) is 5.69 Å². The van der Waals surface area contributed by atoms with Crippen LogP contribution < -0.4 is 10.2 Å². The van der Waals surface area contributed by atoms with Crippen LogP contribution in [-0.2, 0) is 17.3 Å². The Morgan fingerprint density at radius 3 is 2.47 bits per heavy atom. The number of hydrogen-bond acceptors (Lipinski definition) is 5. The van der Waals surface area contributed by atoms with Crippen molar-refractivity contribution in [1.82, 2.24) is 15.1 Å². The smallest absolute Gasteiger partial charge is 0.259 e. The lowest BCUT2D eigenvalue weighted by Gasteiger charge is -2.33. The zero-order valence-corrected chi connectivity index (χ0v) is 22.9. The van der Waals surface area contributed by atoms with E-state index < -0.39 is 10.8 Å². The lowest BCUT2D eigenvalue weighted by Crippen LogP contribution is -2.48. The number of carbonyl (C=O) groups is 2. The Labute approximate surface area is 230 Å². The molecule has 0 aromatic heterocycles. The number of anilines is 1. The molecule has 2 amide bonds. The van der Waals surface area contributed by atoms with E-state index in [0.29, 0.717) is 38.2 Å². The summed E-state index contributed by atoms with van der Waals surface area (Å²) in [6.07, 6.45) is 0. The fraction of sp³-hybridized carbons (Fsp3) is 0.310. The quantitative estimate of drug-likeness (QED) is 0.481. The molecule has 38 heavy (non-hydrogen) atoms. The summed E-state index contributed by atoms with van der Waals surface area (Å²) >= 11 is 6.21. The number of carbonyl (C=O) groups excluding carboxylic acids is 2. The van der Waals surface area contributed by atoms with Crippen molar-refractivity contribution < 1.29 is 13.8 Å². The van der Waals surface area contributed by atoms with Gasteiger partial charge in [-0.2, -0.15) is 0 Å². The maximum absolute atomic E-state index is 13.8. The maximum Gasteiger partial charge on any atom is 0.259 e. The zero-order valence-electron chi connectivity index (χ0n) is 21.4. The lowest BCUT2D eigenvalue weighted by molar-refractivity contribution is 0.0935. The number of nitrogens with zero attached hydrogens (tertiary/aromatic N) is 3. The molecular formula is C29H31ClN4O3S. The van der Waals surface area contributed by atoms with Crippen molar-refractivity contribution in [3.63, 3.8) is 0 Å². The highest BCUT2D eigenvalue weighted by atomic mass is 35.5. The maximum atomic E-state index is 13.8. The molecule has 0 bridgehead atoms. The van der Waals surface area contributed by atoms with Crippen molar-refractivity contribution in [2.75, 3.05) is 50.7 Å². The number of halogens is 1. The van der Waals surface area contributed by atoms with E-state index in [1.807, 2.05) is 12.1 Å². The van der Waals surface area contributed by atoms with Crippen molar-refractivity contribution in [2.45, 2.75) is 23.3 Å². The number of amides is 2. The molecule has 1 fully saturated rings. The molecule has 0 spiro atoms. The standard InChI is InChI=1S/C29H31ClN4O3S/c1-2-32-14-16-33(17-15-32)13-12-31-28(35)22-10-11-27-25(19-22)34(20-21-6-5-7-23(30)18-21)29(36)24-8-3-4-9-26(24)38(27)37/h3-11,18-19H,2,12-17,20H2,1H3,(H,31,35)/t38-/m1/s1. The van der Waals surface area contributed by atoms with Gasteiger partial charge in [-0.3, -0.25) is 14.5 Å². The second kappa shape index (κ2) is 11.8. The van der Waals surface area contributed by atoms with Gasteiger partial charge < -0.3 is 15.1 Å². The van der Waals surface area contributed by atoms with Crippen LogP contribution in [0.15, 0.2) is 76.5 Å². The van der Waals surface area contributed by atoms with E-state index in [4.69, 9.17) is 11.6 Å². The number of likely N-dealkylation sites (N-methyl/N-ethyl adjacent to an activating group) is 1. The van der Waals surface area contributed by atoms with Gasteiger partial charge in [0.05, 0.1) is 38.4 Å². The first-order valence-electron chi connectivity index (χ1n) is 12.9. The summed E-state index contributed by atoms with van der Waals surface area (Å²) < 4.78 is 13.6. The van der Waals surface area contributed by atoms with Gasteiger partial charge in [0, 0.05) is 49.9 Å². The summed E-state index contributed by atoms with van der Waals surface area (Å²) in [5.74, 6) is -0.487. The van der Waals surface area contributed by atoms with Gasteiger partial charge in [0.25, 0.3) is 11.8 Å². The van der Waals surface area contributed by atoms with Gasteiger partial charge >= 0.3 is 0 Å². The zero-order chi connectivity index (χ0) is 26.6. The molecule has 0 aliphatic carbocycles. The predicted octanol–water partition coefficient (Wildman–Crippen LogP) is 4.03. The summed E-state index contributed by atoms with van der Waals surface area (Å²) in [6, 6.07) is 19.3. The van der Waals surface area contributed by atoms with E-state index in [9.17, 15) is 13.8 Å². The Morgan fingerprint density at radius 1 is 0.947 bits per heavy atom. The second-order valence-corrected chi connectivity index (χ2v) is 11.4. The first-order chi connectivity index (χ1) is 18.4. The number of fused-ring (bicyclic) bond motifs is 2. The van der Waals surface area contributed by atoms with Gasteiger partial charge in [0.2, 0.25) is 0 Å². The monoisotopic (exact) mass is 550 g/mol. The van der Waals surface area contributed by atoms with Crippen LogP contribution in [0.25, 0.3) is 0 Å². The summed E-state index contributed by atoms with van der Waals surface area (Å²) in [7, 11) is -1.58. The molecule has 2 aliphatic heterocycles. The molecule has 1 N–H and O–H groups in total. The Balaban J connectivity index is 1.40. The normalized spacial score (nSPS) is 18.0. The second-order valence-electron chi connectivity index (χ2n) is 9.50. The molecule has 198 valence electrons. The minimum absolute atomic E-state index is 0.220. The van der Waals surface area contributed by atoms with E-state index >= 15 is 0 Å². The number of rotatable bonds is 7. The van der Waals surface area contributed by atoms with Crippen LogP contribution in [0, 0.1) is 0 Å². The third-order valence-electron chi connectivity index (χ3n) is 7.13. The Morgan fingerprint density at radius 2 is 1.71 bits per heavy atom.